The van der Waals surface area contributed by atoms with Crippen LogP contribution in [0.4, 0.5) is 4.39 Å². The standard InChI is InChI=1S/C19H10BrFN2O3.CH4/c20-9-5-6-10(13(21)7-9)15-12(8-22)18(23)26-17-11-3-1-2-4-14(11)25-19(24)16(15)17;/h1-7,15H,23H2;1H4. The van der Waals surface area contributed by atoms with Crippen molar-refractivity contribution < 1.29 is 13.5 Å². The number of nitriles is 1. The maximum atomic E-state index is 14.6. The maximum Gasteiger partial charge on any atom is 0.344 e. The fourth-order valence-electron chi connectivity index (χ4n) is 3.11. The van der Waals surface area contributed by atoms with Crippen molar-refractivity contribution in [3.63, 3.8) is 0 Å². The number of nitrogens with two attached hydrogens (primary N) is 1. The minimum Gasteiger partial charge on any atom is -0.439 e. The van der Waals surface area contributed by atoms with Gasteiger partial charge in [-0.15, -0.1) is 0 Å². The molecule has 0 saturated carbocycles. The van der Waals surface area contributed by atoms with Crippen LogP contribution in [0, 0.1) is 17.1 Å². The highest BCUT2D eigenvalue weighted by atomic mass is 79.9. The molecule has 5 nitrogen and oxygen atoms in total. The number of rotatable bonds is 1. The van der Waals surface area contributed by atoms with Crippen LogP contribution in [-0.2, 0) is 0 Å². The molecule has 136 valence electrons. The van der Waals surface area contributed by atoms with Crippen molar-refractivity contribution in [3.8, 4) is 11.8 Å². The summed E-state index contributed by atoms with van der Waals surface area (Å²) in [5.41, 5.74) is 5.69. The van der Waals surface area contributed by atoms with E-state index in [1.165, 1.54) is 12.1 Å². The highest BCUT2D eigenvalue weighted by molar-refractivity contribution is 9.10. The van der Waals surface area contributed by atoms with E-state index in [0.29, 0.717) is 15.4 Å². The SMILES string of the molecule is C.N#CC1=C(N)Oc2c(c(=O)oc3ccccc23)C1c1ccc(Br)cc1F. The monoisotopic (exact) mass is 428 g/mol. The Bertz CT molecular complexity index is 1190. The Morgan fingerprint density at radius 2 is 1.96 bits per heavy atom. The van der Waals surface area contributed by atoms with Crippen LogP contribution in [0.15, 0.2) is 67.6 Å². The highest BCUT2D eigenvalue weighted by Crippen LogP contribution is 2.44. The summed E-state index contributed by atoms with van der Waals surface area (Å²) in [4.78, 5) is 12.7. The molecule has 0 fully saturated rings. The molecule has 1 aliphatic heterocycles. The molecule has 0 radical (unpaired) electrons. The zero-order valence-electron chi connectivity index (χ0n) is 13.1. The lowest BCUT2D eigenvalue weighted by molar-refractivity contribution is 0.387. The smallest absolute Gasteiger partial charge is 0.344 e. The lowest BCUT2D eigenvalue weighted by atomic mass is 9.83. The molecular weight excluding hydrogens is 415 g/mol. The van der Waals surface area contributed by atoms with E-state index in [1.807, 2.05) is 6.07 Å². The van der Waals surface area contributed by atoms with Crippen molar-refractivity contribution in [2.45, 2.75) is 13.3 Å². The van der Waals surface area contributed by atoms with Gasteiger partial charge >= 0.3 is 5.63 Å². The number of para-hydroxylation sites is 1. The summed E-state index contributed by atoms with van der Waals surface area (Å²) in [6.45, 7) is 0. The summed E-state index contributed by atoms with van der Waals surface area (Å²) >= 11 is 3.20. The number of allylic oxidation sites excluding steroid dienone is 1. The van der Waals surface area contributed by atoms with E-state index in [2.05, 4.69) is 15.9 Å². The summed E-state index contributed by atoms with van der Waals surface area (Å²) in [5, 5.41) is 10.1. The zero-order chi connectivity index (χ0) is 18.4. The van der Waals surface area contributed by atoms with Crippen molar-refractivity contribution in [2.75, 3.05) is 0 Å². The molecular formula is C20H14BrFN2O3. The van der Waals surface area contributed by atoms with Crippen molar-refractivity contribution in [2.24, 2.45) is 5.73 Å². The molecule has 7 heteroatoms. The Kier molecular flexibility index (Phi) is 4.77. The first-order valence-corrected chi connectivity index (χ1v) is 8.39. The third kappa shape index (κ3) is 2.88. The molecule has 1 aliphatic rings. The summed E-state index contributed by atoms with van der Waals surface area (Å²) in [6.07, 6.45) is 0. The summed E-state index contributed by atoms with van der Waals surface area (Å²) in [5.74, 6) is -1.58. The predicted molar refractivity (Wildman–Crippen MR) is 103 cm³/mol. The zero-order valence-corrected chi connectivity index (χ0v) is 14.7. The lowest BCUT2D eigenvalue weighted by Crippen LogP contribution is -2.26. The number of ether oxygens (including phenoxy) is 1. The molecule has 1 atom stereocenters. The number of fused-ring (bicyclic) bond motifs is 3. The number of hydrogen-bond acceptors (Lipinski definition) is 5. The number of halogens is 2. The third-order valence-electron chi connectivity index (χ3n) is 4.25. The van der Waals surface area contributed by atoms with Gasteiger partial charge in [-0.25, -0.2) is 9.18 Å². The van der Waals surface area contributed by atoms with Gasteiger partial charge in [-0.05, 0) is 24.3 Å². The molecule has 1 unspecified atom stereocenters. The quantitative estimate of drug-likeness (QED) is 0.574. The summed E-state index contributed by atoms with van der Waals surface area (Å²) in [6, 6.07) is 13.1. The normalized spacial score (nSPS) is 15.5. The molecule has 0 spiro atoms. The molecule has 2 N–H and O–H groups in total. The van der Waals surface area contributed by atoms with Gasteiger partial charge in [0.2, 0.25) is 5.88 Å². The van der Waals surface area contributed by atoms with E-state index in [0.717, 1.165) is 0 Å². The van der Waals surface area contributed by atoms with Crippen LogP contribution >= 0.6 is 15.9 Å². The van der Waals surface area contributed by atoms with Gasteiger partial charge in [-0.2, -0.15) is 5.26 Å². The summed E-state index contributed by atoms with van der Waals surface area (Å²) in [7, 11) is 0. The second kappa shape index (κ2) is 6.89. The van der Waals surface area contributed by atoms with E-state index in [4.69, 9.17) is 14.9 Å². The average Bonchev–Trinajstić information content (AvgIpc) is 2.61. The lowest BCUT2D eigenvalue weighted by Gasteiger charge is -2.26. The van der Waals surface area contributed by atoms with Crippen LogP contribution < -0.4 is 16.1 Å². The van der Waals surface area contributed by atoms with Gasteiger partial charge in [0.1, 0.15) is 23.0 Å². The maximum absolute atomic E-state index is 14.6. The molecule has 2 aromatic carbocycles. The van der Waals surface area contributed by atoms with E-state index >= 15 is 0 Å². The molecule has 2 heterocycles. The summed E-state index contributed by atoms with van der Waals surface area (Å²) < 4.78 is 26.1. The van der Waals surface area contributed by atoms with Gasteiger partial charge in [0, 0.05) is 10.0 Å². The first-order chi connectivity index (χ1) is 12.5. The second-order valence-corrected chi connectivity index (χ2v) is 6.63. The van der Waals surface area contributed by atoms with Gasteiger partial charge in [-0.1, -0.05) is 41.6 Å². The Balaban J connectivity index is 0.00000210. The Morgan fingerprint density at radius 3 is 2.67 bits per heavy atom. The first kappa shape index (κ1) is 18.7. The molecule has 0 amide bonds. The van der Waals surface area contributed by atoms with Crippen molar-refractivity contribution >= 4 is 26.9 Å². The molecule has 27 heavy (non-hydrogen) atoms. The van der Waals surface area contributed by atoms with Crippen molar-refractivity contribution in [3.05, 3.63) is 85.8 Å². The largest absolute Gasteiger partial charge is 0.439 e. The molecule has 0 saturated heterocycles. The van der Waals surface area contributed by atoms with Gasteiger partial charge < -0.3 is 14.9 Å². The topological polar surface area (TPSA) is 89.3 Å². The molecule has 4 rings (SSSR count). The Labute approximate surface area is 162 Å². The van der Waals surface area contributed by atoms with Crippen molar-refractivity contribution in [1.82, 2.24) is 0 Å². The fraction of sp³-hybridized carbons (Fsp3) is 0.100. The van der Waals surface area contributed by atoms with Gasteiger partial charge in [0.15, 0.2) is 5.75 Å². The minimum atomic E-state index is -1.02. The fourth-order valence-corrected chi connectivity index (χ4v) is 3.45. The molecule has 3 aromatic rings. The van der Waals surface area contributed by atoms with Crippen LogP contribution in [0.2, 0.25) is 0 Å². The average molecular weight is 429 g/mol. The first-order valence-electron chi connectivity index (χ1n) is 7.59. The Morgan fingerprint density at radius 1 is 1.22 bits per heavy atom. The number of nitrogens with zero attached hydrogens (tertiary/aromatic N) is 1. The van der Waals surface area contributed by atoms with E-state index in [9.17, 15) is 14.4 Å². The number of hydrogen-bond donors (Lipinski definition) is 1. The van der Waals surface area contributed by atoms with Crippen LogP contribution in [-0.4, -0.2) is 0 Å². The minimum absolute atomic E-state index is 0. The third-order valence-corrected chi connectivity index (χ3v) is 4.74. The van der Waals surface area contributed by atoms with Crippen LogP contribution in [0.25, 0.3) is 11.0 Å². The molecule has 0 aliphatic carbocycles. The highest BCUT2D eigenvalue weighted by Gasteiger charge is 2.36. The van der Waals surface area contributed by atoms with Gasteiger partial charge in [0.05, 0.1) is 16.9 Å². The molecule has 0 bridgehead atoms. The second-order valence-electron chi connectivity index (χ2n) is 5.72. The van der Waals surface area contributed by atoms with E-state index in [1.54, 1.807) is 30.3 Å². The van der Waals surface area contributed by atoms with E-state index < -0.39 is 17.4 Å². The predicted octanol–water partition coefficient (Wildman–Crippen LogP) is 4.55. The van der Waals surface area contributed by atoms with Crippen LogP contribution in [0.5, 0.6) is 5.75 Å². The molecule has 1 aromatic heterocycles. The van der Waals surface area contributed by atoms with Crippen molar-refractivity contribution in [1.29, 1.82) is 5.26 Å². The number of benzene rings is 2. The van der Waals surface area contributed by atoms with E-state index in [-0.39, 0.29) is 35.8 Å². The van der Waals surface area contributed by atoms with Crippen LogP contribution in [0.1, 0.15) is 24.5 Å². The van der Waals surface area contributed by atoms with Gasteiger partial charge in [-0.3, -0.25) is 0 Å². The van der Waals surface area contributed by atoms with Crippen LogP contribution in [0.3, 0.4) is 0 Å². The Hall–Kier alpha value is -3.11. The van der Waals surface area contributed by atoms with Gasteiger partial charge in [0.25, 0.3) is 0 Å².